The van der Waals surface area contributed by atoms with Crippen LogP contribution in [0.25, 0.3) is 17.1 Å². The second kappa shape index (κ2) is 7.16. The van der Waals surface area contributed by atoms with E-state index in [1.807, 2.05) is 36.7 Å². The van der Waals surface area contributed by atoms with Crippen molar-refractivity contribution >= 4 is 23.0 Å². The summed E-state index contributed by atoms with van der Waals surface area (Å²) in [6, 6.07) is 12.4. The Balaban J connectivity index is 1.48. The third-order valence-electron chi connectivity index (χ3n) is 6.41. The highest BCUT2D eigenvalue weighted by Gasteiger charge is 2.37. The Labute approximate surface area is 170 Å². The van der Waals surface area contributed by atoms with E-state index in [-0.39, 0.29) is 5.91 Å². The fourth-order valence-electron chi connectivity index (χ4n) is 4.74. The normalized spacial score (nSPS) is 18.9. The number of pyridine rings is 1. The van der Waals surface area contributed by atoms with Gasteiger partial charge in [-0.25, -0.2) is 4.98 Å². The predicted molar refractivity (Wildman–Crippen MR) is 115 cm³/mol. The van der Waals surface area contributed by atoms with Crippen molar-refractivity contribution < 1.29 is 4.79 Å². The van der Waals surface area contributed by atoms with Gasteiger partial charge in [-0.1, -0.05) is 30.3 Å². The number of likely N-dealkylation sites (tertiary alicyclic amines) is 1. The van der Waals surface area contributed by atoms with Crippen LogP contribution in [0.15, 0.2) is 54.4 Å². The van der Waals surface area contributed by atoms with Crippen LogP contribution in [0, 0.1) is 0 Å². The molecular formula is C24H26N4O. The molecule has 1 aliphatic carbocycles. The van der Waals surface area contributed by atoms with Crippen molar-refractivity contribution in [1.82, 2.24) is 20.2 Å². The van der Waals surface area contributed by atoms with Crippen LogP contribution in [0.1, 0.15) is 42.9 Å². The van der Waals surface area contributed by atoms with Crippen LogP contribution in [0.4, 0.5) is 0 Å². The molecule has 29 heavy (non-hydrogen) atoms. The lowest BCUT2D eigenvalue weighted by Gasteiger charge is -2.40. The van der Waals surface area contributed by atoms with E-state index in [4.69, 9.17) is 0 Å². The summed E-state index contributed by atoms with van der Waals surface area (Å²) in [5, 5.41) is 4.53. The van der Waals surface area contributed by atoms with Gasteiger partial charge in [0.2, 0.25) is 5.91 Å². The van der Waals surface area contributed by atoms with Crippen molar-refractivity contribution in [3.05, 3.63) is 71.1 Å². The van der Waals surface area contributed by atoms with E-state index < -0.39 is 5.66 Å². The van der Waals surface area contributed by atoms with E-state index in [9.17, 15) is 4.79 Å². The second-order valence-corrected chi connectivity index (χ2v) is 8.19. The zero-order chi connectivity index (χ0) is 19.8. The van der Waals surface area contributed by atoms with E-state index in [1.165, 1.54) is 18.4 Å². The standard InChI is InChI=1S/C24H26N4O/c1-24(28-13-5-6-14-28,20-7-3-2-4-8-20)27-23(29)18-10-9-17-11-12-25-22-21(17)19(15-18)16-26-22/h2-4,7-8,11-12,15-16H,5-6,9-10,13-14H2,1H3,(H,25,26)(H,27,29)/t24-/m0/s1. The van der Waals surface area contributed by atoms with Crippen molar-refractivity contribution in [3.8, 4) is 0 Å². The fraction of sp³-hybridized carbons (Fsp3) is 0.333. The number of amides is 1. The largest absolute Gasteiger partial charge is 0.346 e. The molecule has 5 heteroatoms. The molecule has 1 amide bonds. The number of nitrogens with one attached hydrogen (secondary N) is 2. The minimum absolute atomic E-state index is 0.0124. The maximum Gasteiger partial charge on any atom is 0.248 e. The smallest absolute Gasteiger partial charge is 0.248 e. The van der Waals surface area contributed by atoms with Crippen LogP contribution in [0.3, 0.4) is 0 Å². The Morgan fingerprint density at radius 1 is 1.14 bits per heavy atom. The summed E-state index contributed by atoms with van der Waals surface area (Å²) in [7, 11) is 0. The average Bonchev–Trinajstić information content (AvgIpc) is 3.38. The third-order valence-corrected chi connectivity index (χ3v) is 6.41. The first-order chi connectivity index (χ1) is 14.1. The summed E-state index contributed by atoms with van der Waals surface area (Å²) in [5.41, 5.74) is 4.62. The Kier molecular flexibility index (Phi) is 4.47. The molecule has 3 aromatic rings. The topological polar surface area (TPSA) is 61.0 Å². The Hall–Kier alpha value is -2.92. The fourth-order valence-corrected chi connectivity index (χ4v) is 4.74. The molecule has 1 saturated heterocycles. The highest BCUT2D eigenvalue weighted by Crippen LogP contribution is 2.32. The minimum atomic E-state index is -0.510. The van der Waals surface area contributed by atoms with Crippen molar-refractivity contribution in [2.24, 2.45) is 0 Å². The molecule has 0 spiro atoms. The summed E-state index contributed by atoms with van der Waals surface area (Å²) in [6.07, 6.45) is 9.73. The number of aryl methyl sites for hydroxylation is 1. The Bertz CT molecular complexity index is 1080. The molecule has 148 valence electrons. The maximum absolute atomic E-state index is 13.5. The molecule has 1 aliphatic heterocycles. The van der Waals surface area contributed by atoms with Gasteiger partial charge in [-0.15, -0.1) is 0 Å². The molecule has 5 rings (SSSR count). The molecule has 0 bridgehead atoms. The van der Waals surface area contributed by atoms with Crippen LogP contribution in [0.5, 0.6) is 0 Å². The molecule has 5 nitrogen and oxygen atoms in total. The number of benzene rings is 1. The monoisotopic (exact) mass is 386 g/mol. The molecule has 2 N–H and O–H groups in total. The number of aromatic amines is 1. The molecule has 2 aliphatic rings. The highest BCUT2D eigenvalue weighted by atomic mass is 16.2. The number of hydrogen-bond donors (Lipinski definition) is 2. The molecule has 1 fully saturated rings. The van der Waals surface area contributed by atoms with Gasteiger partial charge in [0.25, 0.3) is 0 Å². The van der Waals surface area contributed by atoms with Crippen molar-refractivity contribution in [1.29, 1.82) is 0 Å². The maximum atomic E-state index is 13.5. The van der Waals surface area contributed by atoms with Crippen molar-refractivity contribution in [2.45, 2.75) is 38.3 Å². The number of hydrogen-bond acceptors (Lipinski definition) is 3. The van der Waals surface area contributed by atoms with Gasteiger partial charge >= 0.3 is 0 Å². The lowest BCUT2D eigenvalue weighted by molar-refractivity contribution is -0.121. The predicted octanol–water partition coefficient (Wildman–Crippen LogP) is 3.98. The Morgan fingerprint density at radius 3 is 2.72 bits per heavy atom. The average molecular weight is 386 g/mol. The lowest BCUT2D eigenvalue weighted by Crippen LogP contribution is -2.55. The van der Waals surface area contributed by atoms with Crippen LogP contribution < -0.4 is 5.32 Å². The van der Waals surface area contributed by atoms with Gasteiger partial charge in [0.1, 0.15) is 11.3 Å². The van der Waals surface area contributed by atoms with Gasteiger partial charge in [-0.05, 0) is 55.9 Å². The number of carbonyl (C=O) groups is 1. The van der Waals surface area contributed by atoms with Crippen LogP contribution in [-0.2, 0) is 16.9 Å². The molecule has 1 atom stereocenters. The number of H-pyrrole nitrogens is 1. The summed E-state index contributed by atoms with van der Waals surface area (Å²) in [6.45, 7) is 4.14. The van der Waals surface area contributed by atoms with E-state index in [0.29, 0.717) is 0 Å². The summed E-state index contributed by atoms with van der Waals surface area (Å²) in [4.78, 5) is 23.5. The SMILES string of the molecule is C[C@@](NC(=O)C1=Cc2c[nH]c3nccc(c23)CC1)(c1ccccc1)N1CCCC1. The minimum Gasteiger partial charge on any atom is -0.346 e. The van der Waals surface area contributed by atoms with E-state index in [0.717, 1.165) is 53.7 Å². The van der Waals surface area contributed by atoms with E-state index in [2.05, 4.69) is 45.3 Å². The zero-order valence-corrected chi connectivity index (χ0v) is 16.7. The van der Waals surface area contributed by atoms with Crippen molar-refractivity contribution in [3.63, 3.8) is 0 Å². The molecular weight excluding hydrogens is 360 g/mol. The van der Waals surface area contributed by atoms with Gasteiger partial charge < -0.3 is 10.3 Å². The van der Waals surface area contributed by atoms with Gasteiger partial charge in [-0.2, -0.15) is 0 Å². The number of rotatable bonds is 4. The zero-order valence-electron chi connectivity index (χ0n) is 16.7. The van der Waals surface area contributed by atoms with Crippen molar-refractivity contribution in [2.75, 3.05) is 13.1 Å². The van der Waals surface area contributed by atoms with Gasteiger partial charge in [0, 0.05) is 42.0 Å². The molecule has 0 unspecified atom stereocenters. The molecule has 0 radical (unpaired) electrons. The molecule has 1 aromatic carbocycles. The highest BCUT2D eigenvalue weighted by molar-refractivity contribution is 6.02. The van der Waals surface area contributed by atoms with Crippen LogP contribution in [0.2, 0.25) is 0 Å². The van der Waals surface area contributed by atoms with E-state index in [1.54, 1.807) is 0 Å². The van der Waals surface area contributed by atoms with Gasteiger partial charge in [0.15, 0.2) is 0 Å². The Morgan fingerprint density at radius 2 is 1.93 bits per heavy atom. The number of carbonyl (C=O) groups excluding carboxylic acids is 1. The summed E-state index contributed by atoms with van der Waals surface area (Å²) in [5.74, 6) is 0.0124. The summed E-state index contributed by atoms with van der Waals surface area (Å²) >= 11 is 0. The quantitative estimate of drug-likeness (QED) is 0.713. The van der Waals surface area contributed by atoms with Crippen LogP contribution >= 0.6 is 0 Å². The lowest BCUT2D eigenvalue weighted by atomic mass is 9.98. The number of nitrogens with zero attached hydrogens (tertiary/aromatic N) is 2. The molecule has 2 aromatic heterocycles. The molecule has 3 heterocycles. The first-order valence-corrected chi connectivity index (χ1v) is 10.4. The van der Waals surface area contributed by atoms with Gasteiger partial charge in [0.05, 0.1) is 0 Å². The third kappa shape index (κ3) is 3.15. The first kappa shape index (κ1) is 18.1. The van der Waals surface area contributed by atoms with E-state index >= 15 is 0 Å². The first-order valence-electron chi connectivity index (χ1n) is 10.4. The van der Waals surface area contributed by atoms with Gasteiger partial charge in [-0.3, -0.25) is 9.69 Å². The van der Waals surface area contributed by atoms with Crippen LogP contribution in [-0.4, -0.2) is 33.9 Å². The second-order valence-electron chi connectivity index (χ2n) is 8.19. The molecule has 0 saturated carbocycles. The number of aromatic nitrogens is 2. The summed E-state index contributed by atoms with van der Waals surface area (Å²) < 4.78 is 0.